The molecule has 5 aromatic rings. The number of H-pyrrole nitrogens is 1. The molecule has 0 radical (unpaired) electrons. The van der Waals surface area contributed by atoms with E-state index in [4.69, 9.17) is 0 Å². The van der Waals surface area contributed by atoms with Gasteiger partial charge in [-0.15, -0.1) is 11.3 Å². The maximum absolute atomic E-state index is 14.0. The molecule has 0 amide bonds. The van der Waals surface area contributed by atoms with E-state index in [1.54, 1.807) is 6.92 Å². The largest absolute Gasteiger partial charge is 0.477 e. The molecule has 0 spiro atoms. The van der Waals surface area contributed by atoms with Crippen molar-refractivity contribution in [1.29, 1.82) is 0 Å². The minimum absolute atomic E-state index is 0.0239. The molecular formula is C24H15F4N3O4S. The van der Waals surface area contributed by atoms with Gasteiger partial charge < -0.3 is 14.7 Å². The van der Waals surface area contributed by atoms with Crippen molar-refractivity contribution in [1.82, 2.24) is 14.1 Å². The van der Waals surface area contributed by atoms with Gasteiger partial charge in [0.2, 0.25) is 0 Å². The van der Waals surface area contributed by atoms with Crippen molar-refractivity contribution in [3.63, 3.8) is 0 Å². The summed E-state index contributed by atoms with van der Waals surface area (Å²) in [6, 6.07) is 6.45. The molecule has 3 heterocycles. The average molecular weight is 517 g/mol. The maximum Gasteiger partial charge on any atom is 0.416 e. The first-order valence-electron chi connectivity index (χ1n) is 10.4. The van der Waals surface area contributed by atoms with Gasteiger partial charge in [-0.05, 0) is 48.4 Å². The number of hydrogen-bond donors (Lipinski definition) is 2. The highest BCUT2D eigenvalue weighted by Gasteiger charge is 2.33. The predicted molar refractivity (Wildman–Crippen MR) is 126 cm³/mol. The summed E-state index contributed by atoms with van der Waals surface area (Å²) in [5, 5.41) is 12.9. The average Bonchev–Trinajstić information content (AvgIpc) is 3.38. The molecule has 184 valence electrons. The number of thiophene rings is 1. The van der Waals surface area contributed by atoms with E-state index in [2.05, 4.69) is 4.98 Å². The summed E-state index contributed by atoms with van der Waals surface area (Å²) in [4.78, 5) is 41.2. The van der Waals surface area contributed by atoms with Crippen LogP contribution in [0.5, 0.6) is 0 Å². The molecule has 5 rings (SSSR count). The van der Waals surface area contributed by atoms with Gasteiger partial charge in [0.1, 0.15) is 5.82 Å². The van der Waals surface area contributed by atoms with Gasteiger partial charge in [0, 0.05) is 22.7 Å². The third-order valence-corrected chi connectivity index (χ3v) is 6.71. The van der Waals surface area contributed by atoms with Gasteiger partial charge in [0.15, 0.2) is 5.69 Å². The Morgan fingerprint density at radius 3 is 2.53 bits per heavy atom. The zero-order valence-corrected chi connectivity index (χ0v) is 19.1. The van der Waals surface area contributed by atoms with Crippen molar-refractivity contribution < 1.29 is 27.5 Å². The number of halogens is 4. The number of carboxylic acid groups (broad SMARTS) is 1. The lowest BCUT2D eigenvalue weighted by Crippen LogP contribution is -2.34. The van der Waals surface area contributed by atoms with Gasteiger partial charge in [-0.25, -0.2) is 18.5 Å². The van der Waals surface area contributed by atoms with Crippen LogP contribution in [-0.2, 0) is 12.7 Å². The molecule has 2 aromatic carbocycles. The van der Waals surface area contributed by atoms with Gasteiger partial charge in [-0.1, -0.05) is 6.07 Å². The number of carboxylic acids is 1. The van der Waals surface area contributed by atoms with Crippen molar-refractivity contribution >= 4 is 39.1 Å². The molecule has 7 nitrogen and oxygen atoms in total. The summed E-state index contributed by atoms with van der Waals surface area (Å²) >= 11 is 1.12. The smallest absolute Gasteiger partial charge is 0.416 e. The molecule has 0 fully saturated rings. The minimum Gasteiger partial charge on any atom is -0.477 e. The summed E-state index contributed by atoms with van der Waals surface area (Å²) in [5.41, 5.74) is -2.84. The van der Waals surface area contributed by atoms with Gasteiger partial charge in [0.05, 0.1) is 27.7 Å². The fourth-order valence-electron chi connectivity index (χ4n) is 4.25. The summed E-state index contributed by atoms with van der Waals surface area (Å²) in [5.74, 6) is -2.17. The van der Waals surface area contributed by atoms with E-state index in [1.165, 1.54) is 33.5 Å². The van der Waals surface area contributed by atoms with Gasteiger partial charge in [0.25, 0.3) is 5.56 Å². The molecule has 0 atom stereocenters. The van der Waals surface area contributed by atoms with Crippen LogP contribution in [0.2, 0.25) is 0 Å². The molecule has 2 N–H and O–H groups in total. The quantitative estimate of drug-likeness (QED) is 0.331. The van der Waals surface area contributed by atoms with Crippen LogP contribution in [0.1, 0.15) is 27.2 Å². The molecular weight excluding hydrogens is 502 g/mol. The maximum atomic E-state index is 14.0. The molecule has 0 saturated heterocycles. The SMILES string of the molecule is Cc1ccc(F)cc1Cn1c(C(=O)O)c(-n2c(=O)[nH]c3cscc3c2=O)c2cc(C(F)(F)F)ccc21. The fourth-order valence-corrected chi connectivity index (χ4v) is 5.00. The molecule has 12 heteroatoms. The summed E-state index contributed by atoms with van der Waals surface area (Å²) in [6.45, 7) is 1.43. The van der Waals surface area contributed by atoms with Gasteiger partial charge in [-0.2, -0.15) is 13.2 Å². The Morgan fingerprint density at radius 2 is 1.83 bits per heavy atom. The first-order chi connectivity index (χ1) is 17.0. The first-order valence-corrected chi connectivity index (χ1v) is 11.3. The van der Waals surface area contributed by atoms with E-state index < -0.39 is 46.2 Å². The Balaban J connectivity index is 1.94. The number of benzene rings is 2. The third-order valence-electron chi connectivity index (χ3n) is 5.97. The lowest BCUT2D eigenvalue weighted by molar-refractivity contribution is -0.137. The highest BCUT2D eigenvalue weighted by atomic mass is 32.1. The summed E-state index contributed by atoms with van der Waals surface area (Å²) in [7, 11) is 0. The van der Waals surface area contributed by atoms with E-state index in [1.807, 2.05) is 0 Å². The van der Waals surface area contributed by atoms with Crippen LogP contribution in [0.15, 0.2) is 56.7 Å². The lowest BCUT2D eigenvalue weighted by atomic mass is 10.1. The number of nitrogens with zero attached hydrogens (tertiary/aromatic N) is 2. The van der Waals surface area contributed by atoms with Crippen LogP contribution < -0.4 is 11.2 Å². The second kappa shape index (κ2) is 8.19. The fraction of sp³-hybridized carbons (Fsp3) is 0.125. The number of carbonyl (C=O) groups is 1. The summed E-state index contributed by atoms with van der Waals surface area (Å²) < 4.78 is 56.4. The van der Waals surface area contributed by atoms with E-state index in [9.17, 15) is 37.1 Å². The lowest BCUT2D eigenvalue weighted by Gasteiger charge is -2.12. The Bertz CT molecular complexity index is 1810. The molecule has 36 heavy (non-hydrogen) atoms. The van der Waals surface area contributed by atoms with Crippen LogP contribution in [0, 0.1) is 12.7 Å². The number of hydrogen-bond acceptors (Lipinski definition) is 4. The number of fused-ring (bicyclic) bond motifs is 2. The van der Waals surface area contributed by atoms with E-state index >= 15 is 0 Å². The zero-order chi connectivity index (χ0) is 25.9. The molecule has 3 aromatic heterocycles. The molecule has 0 unspecified atom stereocenters. The highest BCUT2D eigenvalue weighted by Crippen LogP contribution is 2.36. The van der Waals surface area contributed by atoms with Crippen molar-refractivity contribution in [3.05, 3.63) is 96.2 Å². The van der Waals surface area contributed by atoms with E-state index in [-0.39, 0.29) is 28.4 Å². The van der Waals surface area contributed by atoms with Crippen LogP contribution in [-0.4, -0.2) is 25.2 Å². The van der Waals surface area contributed by atoms with Crippen molar-refractivity contribution in [2.45, 2.75) is 19.6 Å². The normalized spacial score (nSPS) is 12.0. The Kier molecular flexibility index (Phi) is 5.36. The Hall–Kier alpha value is -4.19. The minimum atomic E-state index is -4.77. The molecule has 0 aliphatic heterocycles. The van der Waals surface area contributed by atoms with E-state index in [0.717, 1.165) is 23.5 Å². The Morgan fingerprint density at radius 1 is 1.08 bits per heavy atom. The van der Waals surface area contributed by atoms with Gasteiger partial charge in [-0.3, -0.25) is 4.79 Å². The monoisotopic (exact) mass is 517 g/mol. The third kappa shape index (κ3) is 3.70. The first kappa shape index (κ1) is 23.5. The zero-order valence-electron chi connectivity index (χ0n) is 18.3. The van der Waals surface area contributed by atoms with Crippen LogP contribution in [0.4, 0.5) is 17.6 Å². The number of rotatable bonds is 4. The number of aryl methyl sites for hydroxylation is 1. The number of nitrogens with one attached hydrogen (secondary N) is 1. The number of alkyl halides is 3. The second-order valence-corrected chi connectivity index (χ2v) is 8.90. The molecule has 0 aliphatic carbocycles. The van der Waals surface area contributed by atoms with Crippen LogP contribution in [0.25, 0.3) is 27.5 Å². The van der Waals surface area contributed by atoms with E-state index in [0.29, 0.717) is 21.8 Å². The topological polar surface area (TPSA) is 97.1 Å². The predicted octanol–water partition coefficient (Wildman–Crippen LogP) is 4.91. The van der Waals surface area contributed by atoms with Crippen molar-refractivity contribution in [2.24, 2.45) is 0 Å². The highest BCUT2D eigenvalue weighted by molar-refractivity contribution is 7.09. The number of aromatic carboxylic acids is 1. The standard InChI is InChI=1S/C24H15F4N3O4S/c1-11-2-4-14(25)6-12(11)8-30-18-5-3-13(24(26,27)28)7-15(18)19(20(30)22(33)34)31-21(32)16-9-36-10-17(16)29-23(31)35/h2-7,9-10H,8H2,1H3,(H,29,35)(H,33,34). The number of aromatic nitrogens is 3. The van der Waals surface area contributed by atoms with Gasteiger partial charge >= 0.3 is 17.8 Å². The Labute approximate surface area is 202 Å². The molecule has 0 bridgehead atoms. The summed E-state index contributed by atoms with van der Waals surface area (Å²) in [6.07, 6.45) is -4.77. The number of aromatic amines is 1. The molecule has 0 saturated carbocycles. The van der Waals surface area contributed by atoms with Crippen LogP contribution >= 0.6 is 11.3 Å². The molecule has 0 aliphatic rings. The van der Waals surface area contributed by atoms with Crippen molar-refractivity contribution in [3.8, 4) is 5.69 Å². The van der Waals surface area contributed by atoms with Crippen LogP contribution in [0.3, 0.4) is 0 Å². The second-order valence-electron chi connectivity index (χ2n) is 8.16. The van der Waals surface area contributed by atoms with Crippen molar-refractivity contribution in [2.75, 3.05) is 0 Å².